The van der Waals surface area contributed by atoms with Gasteiger partial charge in [0.25, 0.3) is 0 Å². The maximum absolute atomic E-state index is 12.3. The number of benzene rings is 1. The number of hydrogen-bond acceptors (Lipinski definition) is 5. The normalized spacial score (nSPS) is 19.1. The SMILES string of the molecule is Cc1ccc(-c2csc(NC(=O)C3COCCN3C)n2)cc1. The quantitative estimate of drug-likeness (QED) is 0.944. The minimum Gasteiger partial charge on any atom is -0.378 e. The Morgan fingerprint density at radius 2 is 2.18 bits per heavy atom. The molecular weight excluding hydrogens is 298 g/mol. The van der Waals surface area contributed by atoms with Crippen LogP contribution in [0, 0.1) is 6.92 Å². The van der Waals surface area contributed by atoms with Gasteiger partial charge in [0.15, 0.2) is 5.13 Å². The molecule has 1 aliphatic rings. The van der Waals surface area contributed by atoms with Crippen LogP contribution in [-0.4, -0.2) is 48.6 Å². The number of thiazole rings is 1. The van der Waals surface area contributed by atoms with Crippen LogP contribution in [-0.2, 0) is 9.53 Å². The zero-order valence-electron chi connectivity index (χ0n) is 12.7. The van der Waals surface area contributed by atoms with E-state index in [0.29, 0.717) is 18.3 Å². The van der Waals surface area contributed by atoms with Crippen molar-refractivity contribution in [2.45, 2.75) is 13.0 Å². The first kappa shape index (κ1) is 15.1. The van der Waals surface area contributed by atoms with Gasteiger partial charge in [-0.1, -0.05) is 29.8 Å². The maximum Gasteiger partial charge on any atom is 0.245 e. The van der Waals surface area contributed by atoms with E-state index >= 15 is 0 Å². The first-order valence-electron chi connectivity index (χ1n) is 7.25. The van der Waals surface area contributed by atoms with Gasteiger partial charge >= 0.3 is 0 Å². The van der Waals surface area contributed by atoms with Crippen molar-refractivity contribution in [2.75, 3.05) is 32.1 Å². The van der Waals surface area contributed by atoms with E-state index in [-0.39, 0.29) is 11.9 Å². The van der Waals surface area contributed by atoms with Crippen molar-refractivity contribution in [2.24, 2.45) is 0 Å². The van der Waals surface area contributed by atoms with Gasteiger partial charge in [-0.05, 0) is 14.0 Å². The van der Waals surface area contributed by atoms with Crippen molar-refractivity contribution in [3.63, 3.8) is 0 Å². The van der Waals surface area contributed by atoms with Crippen LogP contribution in [0.2, 0.25) is 0 Å². The molecule has 1 saturated heterocycles. The van der Waals surface area contributed by atoms with E-state index in [0.717, 1.165) is 17.8 Å². The number of hydrogen-bond donors (Lipinski definition) is 1. The van der Waals surface area contributed by atoms with Gasteiger partial charge in [-0.25, -0.2) is 4.98 Å². The molecule has 2 heterocycles. The molecule has 0 radical (unpaired) electrons. The lowest BCUT2D eigenvalue weighted by Gasteiger charge is -2.30. The standard InChI is InChI=1S/C16H19N3O2S/c1-11-3-5-12(6-4-11)13-10-22-16(17-13)18-15(20)14-9-21-8-7-19(14)2/h3-6,10,14H,7-9H2,1-2H3,(H,17,18,20). The van der Waals surface area contributed by atoms with E-state index in [2.05, 4.69) is 29.4 Å². The van der Waals surface area contributed by atoms with E-state index in [9.17, 15) is 4.79 Å². The molecule has 2 aromatic rings. The number of nitrogens with one attached hydrogen (secondary N) is 1. The van der Waals surface area contributed by atoms with E-state index in [1.54, 1.807) is 0 Å². The Kier molecular flexibility index (Phi) is 4.52. The van der Waals surface area contributed by atoms with Crippen LogP contribution in [0.3, 0.4) is 0 Å². The van der Waals surface area contributed by atoms with Crippen molar-refractivity contribution in [3.05, 3.63) is 35.2 Å². The summed E-state index contributed by atoms with van der Waals surface area (Å²) in [6.07, 6.45) is 0. The van der Waals surface area contributed by atoms with Crippen molar-refractivity contribution in [1.29, 1.82) is 0 Å². The van der Waals surface area contributed by atoms with Crippen molar-refractivity contribution in [1.82, 2.24) is 9.88 Å². The third kappa shape index (κ3) is 3.35. The average Bonchev–Trinajstić information content (AvgIpc) is 2.97. The molecule has 22 heavy (non-hydrogen) atoms. The number of carbonyl (C=O) groups excluding carboxylic acids is 1. The first-order chi connectivity index (χ1) is 10.6. The van der Waals surface area contributed by atoms with Crippen LogP contribution in [0.25, 0.3) is 11.3 Å². The molecule has 0 aliphatic carbocycles. The second-order valence-corrected chi connectivity index (χ2v) is 6.32. The zero-order chi connectivity index (χ0) is 15.5. The Morgan fingerprint density at radius 3 is 2.91 bits per heavy atom. The summed E-state index contributed by atoms with van der Waals surface area (Å²) in [6, 6.07) is 7.94. The van der Waals surface area contributed by atoms with Gasteiger partial charge in [-0.3, -0.25) is 9.69 Å². The van der Waals surface area contributed by atoms with Crippen LogP contribution in [0.5, 0.6) is 0 Å². The second-order valence-electron chi connectivity index (χ2n) is 5.46. The van der Waals surface area contributed by atoms with Crippen LogP contribution >= 0.6 is 11.3 Å². The topological polar surface area (TPSA) is 54.5 Å². The van der Waals surface area contributed by atoms with Gasteiger partial charge in [-0.2, -0.15) is 0 Å². The summed E-state index contributed by atoms with van der Waals surface area (Å²) in [5.41, 5.74) is 3.15. The number of nitrogens with zero attached hydrogens (tertiary/aromatic N) is 2. The number of likely N-dealkylation sites (N-methyl/N-ethyl adjacent to an activating group) is 1. The molecule has 116 valence electrons. The minimum absolute atomic E-state index is 0.0630. The van der Waals surface area contributed by atoms with Gasteiger partial charge in [-0.15, -0.1) is 11.3 Å². The number of rotatable bonds is 3. The molecule has 1 N–H and O–H groups in total. The molecule has 1 atom stereocenters. The van der Waals surface area contributed by atoms with Crippen LogP contribution in [0.15, 0.2) is 29.6 Å². The van der Waals surface area contributed by atoms with Crippen molar-refractivity contribution in [3.8, 4) is 11.3 Å². The summed E-state index contributed by atoms with van der Waals surface area (Å²) in [6.45, 7) is 3.93. The number of ether oxygens (including phenoxy) is 1. The Hall–Kier alpha value is -1.76. The number of morpholine rings is 1. The molecule has 1 aromatic carbocycles. The minimum atomic E-state index is -0.250. The molecule has 1 amide bonds. The summed E-state index contributed by atoms with van der Waals surface area (Å²) in [5, 5.41) is 5.47. The van der Waals surface area contributed by atoms with Crippen molar-refractivity contribution < 1.29 is 9.53 Å². The van der Waals surface area contributed by atoms with Gasteiger partial charge in [0.05, 0.1) is 18.9 Å². The Labute approximate surface area is 133 Å². The number of amides is 1. The molecule has 1 aliphatic heterocycles. The largest absolute Gasteiger partial charge is 0.378 e. The lowest BCUT2D eigenvalue weighted by Crippen LogP contribution is -2.49. The second kappa shape index (κ2) is 6.56. The fourth-order valence-corrected chi connectivity index (χ4v) is 3.06. The molecule has 6 heteroatoms. The highest BCUT2D eigenvalue weighted by Crippen LogP contribution is 2.25. The number of aromatic nitrogens is 1. The van der Waals surface area contributed by atoms with E-state index < -0.39 is 0 Å². The number of aryl methyl sites for hydroxylation is 1. The Balaban J connectivity index is 1.68. The highest BCUT2D eigenvalue weighted by molar-refractivity contribution is 7.14. The van der Waals surface area contributed by atoms with Crippen LogP contribution in [0.4, 0.5) is 5.13 Å². The lowest BCUT2D eigenvalue weighted by molar-refractivity contribution is -0.126. The summed E-state index contributed by atoms with van der Waals surface area (Å²) in [4.78, 5) is 18.8. The summed E-state index contributed by atoms with van der Waals surface area (Å²) in [5.74, 6) is -0.0630. The van der Waals surface area contributed by atoms with E-state index in [4.69, 9.17) is 4.74 Å². The van der Waals surface area contributed by atoms with Crippen molar-refractivity contribution >= 4 is 22.4 Å². The smallest absolute Gasteiger partial charge is 0.245 e. The van der Waals surface area contributed by atoms with E-state index in [1.165, 1.54) is 16.9 Å². The lowest BCUT2D eigenvalue weighted by atomic mass is 10.1. The molecule has 1 fully saturated rings. The zero-order valence-corrected chi connectivity index (χ0v) is 13.5. The highest BCUT2D eigenvalue weighted by atomic mass is 32.1. The predicted octanol–water partition coefficient (Wildman–Crippen LogP) is 2.39. The van der Waals surface area contributed by atoms with E-state index in [1.807, 2.05) is 29.5 Å². The number of anilines is 1. The molecule has 1 aromatic heterocycles. The highest BCUT2D eigenvalue weighted by Gasteiger charge is 2.27. The fourth-order valence-electron chi connectivity index (χ4n) is 2.34. The number of carbonyl (C=O) groups is 1. The molecule has 0 bridgehead atoms. The third-order valence-corrected chi connectivity index (χ3v) is 4.54. The third-order valence-electron chi connectivity index (χ3n) is 3.78. The Bertz CT molecular complexity index is 654. The maximum atomic E-state index is 12.3. The van der Waals surface area contributed by atoms with Gasteiger partial charge in [0.1, 0.15) is 6.04 Å². The van der Waals surface area contributed by atoms with Gasteiger partial charge < -0.3 is 10.1 Å². The predicted molar refractivity (Wildman–Crippen MR) is 88.2 cm³/mol. The molecule has 0 spiro atoms. The first-order valence-corrected chi connectivity index (χ1v) is 8.13. The molecule has 1 unspecified atom stereocenters. The summed E-state index contributed by atoms with van der Waals surface area (Å²) >= 11 is 1.44. The Morgan fingerprint density at radius 1 is 1.41 bits per heavy atom. The van der Waals surface area contributed by atoms with Gasteiger partial charge in [0.2, 0.25) is 5.91 Å². The van der Waals surface area contributed by atoms with Gasteiger partial charge in [0, 0.05) is 17.5 Å². The molecule has 3 rings (SSSR count). The monoisotopic (exact) mass is 317 g/mol. The molecular formula is C16H19N3O2S. The van der Waals surface area contributed by atoms with Crippen LogP contribution in [0.1, 0.15) is 5.56 Å². The summed E-state index contributed by atoms with van der Waals surface area (Å²) in [7, 11) is 1.94. The molecule has 0 saturated carbocycles. The summed E-state index contributed by atoms with van der Waals surface area (Å²) < 4.78 is 5.38. The average molecular weight is 317 g/mol. The molecule has 5 nitrogen and oxygen atoms in total. The fraction of sp³-hybridized carbons (Fsp3) is 0.375. The van der Waals surface area contributed by atoms with Crippen LogP contribution < -0.4 is 5.32 Å².